The molecule has 0 amide bonds. The Hall–Kier alpha value is -0.450. The van der Waals surface area contributed by atoms with Crippen molar-refractivity contribution in [2.45, 2.75) is 31.9 Å². The lowest BCUT2D eigenvalue weighted by Crippen LogP contribution is -2.45. The lowest BCUT2D eigenvalue weighted by atomic mass is 9.95. The normalized spacial score (nSPS) is 29.3. The lowest BCUT2D eigenvalue weighted by molar-refractivity contribution is -0.0184. The van der Waals surface area contributed by atoms with Gasteiger partial charge in [0.2, 0.25) is 0 Å². The fourth-order valence-corrected chi connectivity index (χ4v) is 2.55. The Balaban J connectivity index is 1.92. The molecule has 1 aliphatic rings. The van der Waals surface area contributed by atoms with Gasteiger partial charge in [0.25, 0.3) is 0 Å². The van der Waals surface area contributed by atoms with Crippen LogP contribution in [0.5, 0.6) is 0 Å². The van der Waals surface area contributed by atoms with Gasteiger partial charge in [0.15, 0.2) is 0 Å². The average molecular weight is 212 g/mol. The van der Waals surface area contributed by atoms with Crippen molar-refractivity contribution in [3.63, 3.8) is 0 Å². The van der Waals surface area contributed by atoms with Crippen molar-refractivity contribution in [1.82, 2.24) is 9.88 Å². The van der Waals surface area contributed by atoms with E-state index in [-0.39, 0.29) is 0 Å². The summed E-state index contributed by atoms with van der Waals surface area (Å²) >= 11 is 1.63. The van der Waals surface area contributed by atoms with Gasteiger partial charge in [0.1, 0.15) is 0 Å². The van der Waals surface area contributed by atoms with Crippen LogP contribution in [0.4, 0.5) is 0 Å². The monoisotopic (exact) mass is 212 g/mol. The molecule has 0 radical (unpaired) electrons. The summed E-state index contributed by atoms with van der Waals surface area (Å²) in [6, 6.07) is 0. The minimum Gasteiger partial charge on any atom is -0.389 e. The largest absolute Gasteiger partial charge is 0.389 e. The van der Waals surface area contributed by atoms with E-state index >= 15 is 0 Å². The Morgan fingerprint density at radius 2 is 2.57 bits per heavy atom. The predicted octanol–water partition coefficient (Wildman–Crippen LogP) is 1.49. The molecule has 78 valence electrons. The van der Waals surface area contributed by atoms with Crippen LogP contribution in [0.2, 0.25) is 0 Å². The summed E-state index contributed by atoms with van der Waals surface area (Å²) in [4.78, 5) is 6.53. The van der Waals surface area contributed by atoms with E-state index in [1.165, 1.54) is 0 Å². The van der Waals surface area contributed by atoms with Crippen molar-refractivity contribution in [2.24, 2.45) is 0 Å². The number of aliphatic hydroxyl groups is 1. The van der Waals surface area contributed by atoms with Crippen LogP contribution in [0, 0.1) is 0 Å². The summed E-state index contributed by atoms with van der Waals surface area (Å²) in [5, 5.41) is 12.0. The van der Waals surface area contributed by atoms with Gasteiger partial charge in [-0.3, -0.25) is 4.90 Å². The number of nitrogens with zero attached hydrogens (tertiary/aromatic N) is 2. The topological polar surface area (TPSA) is 36.4 Å². The van der Waals surface area contributed by atoms with E-state index in [1.807, 2.05) is 12.4 Å². The average Bonchev–Trinajstić information content (AvgIpc) is 2.54. The van der Waals surface area contributed by atoms with Crippen molar-refractivity contribution >= 4 is 11.3 Å². The van der Waals surface area contributed by atoms with Gasteiger partial charge >= 0.3 is 0 Å². The fourth-order valence-electron chi connectivity index (χ4n) is 2.00. The van der Waals surface area contributed by atoms with Crippen LogP contribution in [-0.4, -0.2) is 33.7 Å². The van der Waals surface area contributed by atoms with E-state index in [0.717, 1.165) is 38.2 Å². The Labute approximate surface area is 88.4 Å². The molecule has 0 aliphatic carbocycles. The van der Waals surface area contributed by atoms with E-state index in [1.54, 1.807) is 11.3 Å². The van der Waals surface area contributed by atoms with Crippen LogP contribution in [0.25, 0.3) is 0 Å². The highest BCUT2D eigenvalue weighted by Gasteiger charge is 2.28. The van der Waals surface area contributed by atoms with E-state index in [4.69, 9.17) is 0 Å². The molecule has 0 aromatic carbocycles. The van der Waals surface area contributed by atoms with Crippen molar-refractivity contribution in [3.05, 3.63) is 16.6 Å². The van der Waals surface area contributed by atoms with Gasteiger partial charge < -0.3 is 5.11 Å². The Morgan fingerprint density at radius 1 is 1.71 bits per heavy atom. The number of β-amino-alcohol motifs (C(OH)–C–C–N with tert-alkyl or cyclic N) is 1. The van der Waals surface area contributed by atoms with E-state index < -0.39 is 5.60 Å². The maximum atomic E-state index is 9.91. The number of aromatic nitrogens is 1. The first-order chi connectivity index (χ1) is 6.66. The third-order valence-corrected chi connectivity index (χ3v) is 3.26. The highest BCUT2D eigenvalue weighted by molar-refractivity contribution is 7.07. The molecular weight excluding hydrogens is 196 g/mol. The van der Waals surface area contributed by atoms with Crippen LogP contribution in [0.3, 0.4) is 0 Å². The second kappa shape index (κ2) is 3.96. The predicted molar refractivity (Wildman–Crippen MR) is 57.2 cm³/mol. The summed E-state index contributed by atoms with van der Waals surface area (Å²) in [5.41, 5.74) is 2.47. The molecule has 1 N–H and O–H groups in total. The van der Waals surface area contributed by atoms with Crippen molar-refractivity contribution in [2.75, 3.05) is 13.1 Å². The second-order valence-corrected chi connectivity index (χ2v) is 5.01. The van der Waals surface area contributed by atoms with Crippen LogP contribution >= 0.6 is 11.3 Å². The van der Waals surface area contributed by atoms with E-state index in [9.17, 15) is 5.11 Å². The second-order valence-electron chi connectivity index (χ2n) is 4.29. The van der Waals surface area contributed by atoms with Crippen molar-refractivity contribution in [1.29, 1.82) is 0 Å². The number of piperidine rings is 1. The molecule has 0 spiro atoms. The molecule has 1 atom stereocenters. The first-order valence-corrected chi connectivity index (χ1v) is 5.92. The Kier molecular flexibility index (Phi) is 2.85. The van der Waals surface area contributed by atoms with Crippen LogP contribution in [0.1, 0.15) is 25.5 Å². The summed E-state index contributed by atoms with van der Waals surface area (Å²) < 4.78 is 0. The maximum absolute atomic E-state index is 9.91. The smallest absolute Gasteiger partial charge is 0.0795 e. The van der Waals surface area contributed by atoms with Crippen LogP contribution in [0.15, 0.2) is 10.9 Å². The Morgan fingerprint density at radius 3 is 3.21 bits per heavy atom. The highest BCUT2D eigenvalue weighted by atomic mass is 32.1. The summed E-state index contributed by atoms with van der Waals surface area (Å²) in [5.74, 6) is 0. The van der Waals surface area contributed by atoms with Gasteiger partial charge in [0, 0.05) is 18.5 Å². The van der Waals surface area contributed by atoms with E-state index in [2.05, 4.69) is 15.3 Å². The zero-order valence-corrected chi connectivity index (χ0v) is 9.26. The molecule has 14 heavy (non-hydrogen) atoms. The van der Waals surface area contributed by atoms with E-state index in [0.29, 0.717) is 0 Å². The van der Waals surface area contributed by atoms with Gasteiger partial charge in [-0.2, -0.15) is 0 Å². The minimum absolute atomic E-state index is 0.506. The van der Waals surface area contributed by atoms with Crippen molar-refractivity contribution in [3.8, 4) is 0 Å². The molecule has 1 aromatic heterocycles. The van der Waals surface area contributed by atoms with Gasteiger partial charge in [-0.15, -0.1) is 11.3 Å². The summed E-state index contributed by atoms with van der Waals surface area (Å²) in [6.07, 6.45) is 2.00. The van der Waals surface area contributed by atoms with Crippen LogP contribution in [-0.2, 0) is 6.54 Å². The van der Waals surface area contributed by atoms with Crippen LogP contribution < -0.4 is 0 Å². The number of rotatable bonds is 2. The van der Waals surface area contributed by atoms with Crippen molar-refractivity contribution < 1.29 is 5.11 Å². The van der Waals surface area contributed by atoms with Gasteiger partial charge in [-0.25, -0.2) is 4.98 Å². The molecule has 1 unspecified atom stereocenters. The number of hydrogen-bond donors (Lipinski definition) is 1. The number of hydrogen-bond acceptors (Lipinski definition) is 4. The molecular formula is C10H16N2OS. The van der Waals surface area contributed by atoms with Gasteiger partial charge in [0.05, 0.1) is 16.8 Å². The summed E-state index contributed by atoms with van der Waals surface area (Å²) in [6.45, 7) is 4.64. The molecule has 1 aliphatic heterocycles. The third kappa shape index (κ3) is 2.53. The molecule has 0 bridgehead atoms. The number of likely N-dealkylation sites (tertiary alicyclic amines) is 1. The molecule has 0 saturated carbocycles. The standard InChI is InChI=1S/C10H16N2OS/c1-10(13)3-2-4-12(7-10)5-9-6-14-8-11-9/h6,8,13H,2-5,7H2,1H3. The third-order valence-electron chi connectivity index (χ3n) is 2.62. The zero-order valence-electron chi connectivity index (χ0n) is 8.44. The van der Waals surface area contributed by atoms with Gasteiger partial charge in [-0.05, 0) is 26.3 Å². The first-order valence-electron chi connectivity index (χ1n) is 4.97. The molecule has 2 rings (SSSR count). The van der Waals surface area contributed by atoms with Gasteiger partial charge in [-0.1, -0.05) is 0 Å². The SMILES string of the molecule is CC1(O)CCCN(Cc2cscn2)C1. The molecule has 2 heterocycles. The maximum Gasteiger partial charge on any atom is 0.0795 e. The quantitative estimate of drug-likeness (QED) is 0.807. The first kappa shape index (κ1) is 10.1. The number of thiazole rings is 1. The lowest BCUT2D eigenvalue weighted by Gasteiger charge is -2.36. The molecule has 1 aromatic rings. The summed E-state index contributed by atoms with van der Waals surface area (Å²) in [7, 11) is 0. The molecule has 1 saturated heterocycles. The Bertz CT molecular complexity index is 284. The molecule has 1 fully saturated rings. The molecule has 3 nitrogen and oxygen atoms in total. The molecule has 4 heteroatoms. The highest BCUT2D eigenvalue weighted by Crippen LogP contribution is 2.21. The minimum atomic E-state index is -0.506. The zero-order chi connectivity index (χ0) is 10.0. The fraction of sp³-hybridized carbons (Fsp3) is 0.700.